The van der Waals surface area contributed by atoms with Crippen molar-refractivity contribution in [1.29, 1.82) is 0 Å². The van der Waals surface area contributed by atoms with Crippen molar-refractivity contribution in [2.75, 3.05) is 0 Å². The van der Waals surface area contributed by atoms with Gasteiger partial charge in [-0.25, -0.2) is 9.59 Å². The topological polar surface area (TPSA) is 75.1 Å². The molecule has 5 heteroatoms. The van der Waals surface area contributed by atoms with Crippen LogP contribution in [0, 0.1) is 0 Å². The summed E-state index contributed by atoms with van der Waals surface area (Å²) in [4.78, 5) is 26.1. The first-order chi connectivity index (χ1) is 10.1. The fourth-order valence-corrected chi connectivity index (χ4v) is 2.52. The molecule has 0 amide bonds. The predicted molar refractivity (Wildman–Crippen MR) is 79.8 cm³/mol. The van der Waals surface area contributed by atoms with E-state index in [0.29, 0.717) is 11.0 Å². The lowest BCUT2D eigenvalue weighted by Crippen LogP contribution is -2.21. The molecule has 1 atom stereocenters. The lowest BCUT2D eigenvalue weighted by molar-refractivity contribution is 0.0697. The monoisotopic (exact) mass is 282 g/mol. The van der Waals surface area contributed by atoms with Gasteiger partial charge in [-0.2, -0.15) is 0 Å². The van der Waals surface area contributed by atoms with Crippen LogP contribution < -0.4 is 5.69 Å². The minimum absolute atomic E-state index is 0.163. The Morgan fingerprint density at radius 1 is 1.19 bits per heavy atom. The molecule has 0 spiro atoms. The van der Waals surface area contributed by atoms with E-state index in [9.17, 15) is 9.59 Å². The van der Waals surface area contributed by atoms with Gasteiger partial charge in [0.1, 0.15) is 0 Å². The number of carbonyl (C=O) groups is 1. The Morgan fingerprint density at radius 3 is 2.57 bits per heavy atom. The van der Waals surface area contributed by atoms with Crippen LogP contribution >= 0.6 is 0 Å². The first-order valence-corrected chi connectivity index (χ1v) is 6.60. The number of imidazole rings is 1. The molecule has 21 heavy (non-hydrogen) atoms. The van der Waals surface area contributed by atoms with Gasteiger partial charge in [0.15, 0.2) is 0 Å². The van der Waals surface area contributed by atoms with E-state index in [2.05, 4.69) is 4.98 Å². The van der Waals surface area contributed by atoms with E-state index in [1.54, 1.807) is 10.6 Å². The van der Waals surface area contributed by atoms with Gasteiger partial charge in [0, 0.05) is 0 Å². The number of aromatic nitrogens is 2. The van der Waals surface area contributed by atoms with Gasteiger partial charge in [-0.1, -0.05) is 30.3 Å². The minimum Gasteiger partial charge on any atom is -0.478 e. The van der Waals surface area contributed by atoms with Crippen molar-refractivity contribution in [2.24, 2.45) is 0 Å². The highest BCUT2D eigenvalue weighted by Gasteiger charge is 2.16. The number of hydrogen-bond acceptors (Lipinski definition) is 2. The van der Waals surface area contributed by atoms with Crippen molar-refractivity contribution >= 4 is 17.0 Å². The quantitative estimate of drug-likeness (QED) is 0.775. The van der Waals surface area contributed by atoms with E-state index in [0.717, 1.165) is 5.56 Å². The maximum Gasteiger partial charge on any atom is 0.335 e. The molecular formula is C16H14N2O3. The van der Waals surface area contributed by atoms with Gasteiger partial charge < -0.3 is 10.1 Å². The van der Waals surface area contributed by atoms with Gasteiger partial charge >= 0.3 is 11.7 Å². The van der Waals surface area contributed by atoms with E-state index in [-0.39, 0.29) is 17.3 Å². The molecule has 0 radical (unpaired) electrons. The molecule has 0 aliphatic heterocycles. The molecule has 0 saturated heterocycles. The second-order valence-electron chi connectivity index (χ2n) is 4.92. The van der Waals surface area contributed by atoms with Crippen LogP contribution in [0.1, 0.15) is 28.9 Å². The van der Waals surface area contributed by atoms with Crippen molar-refractivity contribution < 1.29 is 9.90 Å². The molecule has 2 N–H and O–H groups in total. The zero-order valence-electron chi connectivity index (χ0n) is 11.4. The van der Waals surface area contributed by atoms with Gasteiger partial charge in [0.2, 0.25) is 0 Å². The summed E-state index contributed by atoms with van der Waals surface area (Å²) in [6.45, 7) is 1.91. The van der Waals surface area contributed by atoms with E-state index in [1.807, 2.05) is 37.3 Å². The molecule has 3 aromatic rings. The summed E-state index contributed by atoms with van der Waals surface area (Å²) >= 11 is 0. The first-order valence-electron chi connectivity index (χ1n) is 6.60. The van der Waals surface area contributed by atoms with Gasteiger partial charge in [0.05, 0.1) is 22.6 Å². The number of aromatic carboxylic acids is 1. The Morgan fingerprint density at radius 2 is 1.90 bits per heavy atom. The second-order valence-corrected chi connectivity index (χ2v) is 4.92. The lowest BCUT2D eigenvalue weighted by Gasteiger charge is -2.14. The lowest BCUT2D eigenvalue weighted by atomic mass is 10.1. The van der Waals surface area contributed by atoms with Crippen LogP contribution in [0.4, 0.5) is 0 Å². The van der Waals surface area contributed by atoms with Gasteiger partial charge in [0.25, 0.3) is 0 Å². The second kappa shape index (κ2) is 4.94. The van der Waals surface area contributed by atoms with Gasteiger partial charge in [-0.05, 0) is 30.7 Å². The number of hydrogen-bond donors (Lipinski definition) is 2. The number of fused-ring (bicyclic) bond motifs is 1. The minimum atomic E-state index is -1.01. The average molecular weight is 282 g/mol. The third kappa shape index (κ3) is 2.23. The third-order valence-electron chi connectivity index (χ3n) is 3.63. The highest BCUT2D eigenvalue weighted by molar-refractivity contribution is 5.92. The first kappa shape index (κ1) is 13.2. The molecule has 0 bridgehead atoms. The number of nitrogens with one attached hydrogen (secondary N) is 1. The summed E-state index contributed by atoms with van der Waals surface area (Å²) in [7, 11) is 0. The number of nitrogens with zero attached hydrogens (tertiary/aromatic N) is 1. The number of benzene rings is 2. The summed E-state index contributed by atoms with van der Waals surface area (Å²) in [5, 5.41) is 9.10. The van der Waals surface area contributed by atoms with E-state index in [4.69, 9.17) is 5.11 Å². The molecule has 0 saturated carbocycles. The molecule has 1 heterocycles. The molecular weight excluding hydrogens is 268 g/mol. The van der Waals surface area contributed by atoms with Crippen LogP contribution in [0.2, 0.25) is 0 Å². The Bertz CT molecular complexity index is 862. The molecule has 0 aliphatic carbocycles. The van der Waals surface area contributed by atoms with Crippen LogP contribution in [0.15, 0.2) is 53.3 Å². The van der Waals surface area contributed by atoms with E-state index >= 15 is 0 Å². The standard InChI is InChI=1S/C16H14N2O3/c1-10(11-5-3-2-4-6-11)18-14-9-12(15(19)20)7-8-13(14)17-16(18)21/h2-10H,1H3,(H,17,21)(H,19,20). The number of carboxylic acids is 1. The summed E-state index contributed by atoms with van der Waals surface area (Å²) in [5.41, 5.74) is 2.13. The van der Waals surface area contributed by atoms with Gasteiger partial charge in [-0.3, -0.25) is 4.57 Å². The normalized spacial score (nSPS) is 12.4. The summed E-state index contributed by atoms with van der Waals surface area (Å²) < 4.78 is 1.58. The van der Waals surface area contributed by atoms with Crippen molar-refractivity contribution in [3.05, 3.63) is 70.1 Å². The van der Waals surface area contributed by atoms with Crippen molar-refractivity contribution in [3.8, 4) is 0 Å². The maximum absolute atomic E-state index is 12.2. The average Bonchev–Trinajstić information content (AvgIpc) is 2.82. The van der Waals surface area contributed by atoms with Crippen LogP contribution in [-0.2, 0) is 0 Å². The zero-order valence-corrected chi connectivity index (χ0v) is 11.4. The Kier molecular flexibility index (Phi) is 3.10. The van der Waals surface area contributed by atoms with Crippen LogP contribution in [-0.4, -0.2) is 20.6 Å². The maximum atomic E-state index is 12.2. The van der Waals surface area contributed by atoms with Crippen LogP contribution in [0.5, 0.6) is 0 Å². The van der Waals surface area contributed by atoms with Crippen molar-refractivity contribution in [3.63, 3.8) is 0 Å². The fraction of sp³-hybridized carbons (Fsp3) is 0.125. The highest BCUT2D eigenvalue weighted by Crippen LogP contribution is 2.21. The molecule has 0 fully saturated rings. The smallest absolute Gasteiger partial charge is 0.335 e. The Balaban J connectivity index is 2.22. The number of rotatable bonds is 3. The summed E-state index contributed by atoms with van der Waals surface area (Å²) in [5.74, 6) is -1.01. The summed E-state index contributed by atoms with van der Waals surface area (Å²) in [6.07, 6.45) is 0. The number of carboxylic acid groups (broad SMARTS) is 1. The SMILES string of the molecule is CC(c1ccccc1)n1c(=O)[nH]c2ccc(C(=O)O)cc21. The Labute approximate surface area is 120 Å². The number of aromatic amines is 1. The molecule has 2 aromatic carbocycles. The highest BCUT2D eigenvalue weighted by atomic mass is 16.4. The fourth-order valence-electron chi connectivity index (χ4n) is 2.52. The largest absolute Gasteiger partial charge is 0.478 e. The molecule has 0 aliphatic rings. The molecule has 1 aromatic heterocycles. The Hall–Kier alpha value is -2.82. The molecule has 106 valence electrons. The molecule has 3 rings (SSSR count). The summed E-state index contributed by atoms with van der Waals surface area (Å²) in [6, 6.07) is 14.1. The predicted octanol–water partition coefficient (Wildman–Crippen LogP) is 2.64. The van der Waals surface area contributed by atoms with Crippen molar-refractivity contribution in [1.82, 2.24) is 9.55 Å². The molecule has 1 unspecified atom stereocenters. The third-order valence-corrected chi connectivity index (χ3v) is 3.63. The zero-order chi connectivity index (χ0) is 15.0. The number of H-pyrrole nitrogens is 1. The van der Waals surface area contributed by atoms with Gasteiger partial charge in [-0.15, -0.1) is 0 Å². The van der Waals surface area contributed by atoms with E-state index in [1.165, 1.54) is 12.1 Å². The van der Waals surface area contributed by atoms with E-state index < -0.39 is 5.97 Å². The van der Waals surface area contributed by atoms with Crippen LogP contribution in [0.3, 0.4) is 0 Å². The molecule has 5 nitrogen and oxygen atoms in total. The van der Waals surface area contributed by atoms with Crippen LogP contribution in [0.25, 0.3) is 11.0 Å². The van der Waals surface area contributed by atoms with Crippen molar-refractivity contribution in [2.45, 2.75) is 13.0 Å².